The number of hydrogen-bond donors (Lipinski definition) is 1. The maximum Gasteiger partial charge on any atom is 0.185 e. The largest absolute Gasteiger partial charge is 0.390 e. The van der Waals surface area contributed by atoms with Gasteiger partial charge in [0.1, 0.15) is 0 Å². The number of ketones is 1. The average molecular weight is 481 g/mol. The number of hydrogen-bond acceptors (Lipinski definition) is 3. The molecule has 0 saturated carbocycles. The summed E-state index contributed by atoms with van der Waals surface area (Å²) >= 11 is 3.40. The molecule has 1 aliphatic rings. The molecular formula is C26H29BrN2O2. The first kappa shape index (κ1) is 22.0. The lowest BCUT2D eigenvalue weighted by Crippen LogP contribution is -2.35. The van der Waals surface area contributed by atoms with E-state index >= 15 is 0 Å². The lowest BCUT2D eigenvalue weighted by atomic mass is 10.1. The van der Waals surface area contributed by atoms with Crippen molar-refractivity contribution in [2.75, 3.05) is 19.6 Å². The van der Waals surface area contributed by atoms with E-state index in [-0.39, 0.29) is 5.78 Å². The molecule has 162 valence electrons. The van der Waals surface area contributed by atoms with Gasteiger partial charge in [0.15, 0.2) is 5.78 Å². The monoisotopic (exact) mass is 480 g/mol. The summed E-state index contributed by atoms with van der Waals surface area (Å²) in [5, 5.41) is 11.9. The van der Waals surface area contributed by atoms with E-state index in [0.29, 0.717) is 18.7 Å². The Balaban J connectivity index is 1.50. The molecule has 1 N–H and O–H groups in total. The van der Waals surface area contributed by atoms with Crippen LogP contribution in [-0.4, -0.2) is 46.1 Å². The van der Waals surface area contributed by atoms with Gasteiger partial charge in [-0.05, 0) is 68.4 Å². The maximum atomic E-state index is 12.5. The molecule has 1 aromatic heterocycles. The lowest BCUT2D eigenvalue weighted by Gasteiger charge is -2.23. The minimum absolute atomic E-state index is 0.0227. The fourth-order valence-corrected chi connectivity index (χ4v) is 4.60. The fraction of sp³-hybridized carbons (Fsp3) is 0.346. The van der Waals surface area contributed by atoms with E-state index in [1.54, 1.807) is 6.08 Å². The van der Waals surface area contributed by atoms with Crippen LogP contribution in [0.15, 0.2) is 65.3 Å². The fourth-order valence-electron chi connectivity index (χ4n) is 4.34. The number of rotatable bonds is 7. The van der Waals surface area contributed by atoms with Crippen molar-refractivity contribution in [3.8, 4) is 0 Å². The van der Waals surface area contributed by atoms with Crippen LogP contribution in [0.2, 0.25) is 0 Å². The Morgan fingerprint density at radius 1 is 1.00 bits per heavy atom. The van der Waals surface area contributed by atoms with Crippen LogP contribution in [0.3, 0.4) is 0 Å². The molecule has 1 unspecified atom stereocenters. The molecule has 0 aliphatic carbocycles. The second kappa shape index (κ2) is 10.4. The molecule has 3 aromatic rings. The lowest BCUT2D eigenvalue weighted by molar-refractivity contribution is 0.101. The quantitative estimate of drug-likeness (QED) is 0.356. The third kappa shape index (κ3) is 5.73. The molecule has 2 aromatic carbocycles. The van der Waals surface area contributed by atoms with Gasteiger partial charge in [-0.3, -0.25) is 4.79 Å². The van der Waals surface area contributed by atoms with E-state index in [1.807, 2.05) is 48.7 Å². The van der Waals surface area contributed by atoms with Crippen LogP contribution in [0.25, 0.3) is 17.0 Å². The third-order valence-corrected chi connectivity index (χ3v) is 6.47. The van der Waals surface area contributed by atoms with Crippen LogP contribution < -0.4 is 0 Å². The minimum Gasteiger partial charge on any atom is -0.390 e. The minimum atomic E-state index is -0.421. The average Bonchev–Trinajstić information content (AvgIpc) is 2.93. The number of aliphatic hydroxyl groups is 1. The van der Waals surface area contributed by atoms with Gasteiger partial charge in [-0.2, -0.15) is 0 Å². The molecule has 0 spiro atoms. The van der Waals surface area contributed by atoms with E-state index in [4.69, 9.17) is 0 Å². The number of aliphatic hydroxyl groups excluding tert-OH is 1. The highest BCUT2D eigenvalue weighted by Crippen LogP contribution is 2.23. The normalized spacial score (nSPS) is 16.6. The molecule has 5 heteroatoms. The number of aromatic nitrogens is 1. The SMILES string of the molecule is O=C(/C=C/c1cn(CC(O)CN2CCCCCC2)c2ccccc12)c1ccc(Br)cc1. The molecule has 2 heterocycles. The smallest absolute Gasteiger partial charge is 0.185 e. The highest BCUT2D eigenvalue weighted by molar-refractivity contribution is 9.10. The van der Waals surface area contributed by atoms with Gasteiger partial charge in [0.05, 0.1) is 6.10 Å². The van der Waals surface area contributed by atoms with Crippen molar-refractivity contribution in [3.05, 3.63) is 76.4 Å². The van der Waals surface area contributed by atoms with Crippen molar-refractivity contribution in [3.63, 3.8) is 0 Å². The molecule has 1 fully saturated rings. The Kier molecular flexibility index (Phi) is 7.38. The van der Waals surface area contributed by atoms with Gasteiger partial charge < -0.3 is 14.6 Å². The summed E-state index contributed by atoms with van der Waals surface area (Å²) in [6, 6.07) is 15.5. The maximum absolute atomic E-state index is 12.5. The summed E-state index contributed by atoms with van der Waals surface area (Å²) in [4.78, 5) is 14.9. The van der Waals surface area contributed by atoms with Gasteiger partial charge in [0.25, 0.3) is 0 Å². The first-order valence-corrected chi connectivity index (χ1v) is 11.9. The van der Waals surface area contributed by atoms with Crippen molar-refractivity contribution < 1.29 is 9.90 Å². The summed E-state index contributed by atoms with van der Waals surface area (Å²) in [6.45, 7) is 3.41. The summed E-state index contributed by atoms with van der Waals surface area (Å²) in [6.07, 6.45) is 10.2. The summed E-state index contributed by atoms with van der Waals surface area (Å²) in [5.41, 5.74) is 2.73. The second-order valence-electron chi connectivity index (χ2n) is 8.33. The Morgan fingerprint density at radius 3 is 2.45 bits per heavy atom. The summed E-state index contributed by atoms with van der Waals surface area (Å²) in [7, 11) is 0. The predicted molar refractivity (Wildman–Crippen MR) is 130 cm³/mol. The van der Waals surface area contributed by atoms with Crippen LogP contribution >= 0.6 is 15.9 Å². The predicted octanol–water partition coefficient (Wildman–Crippen LogP) is 5.54. The number of nitrogens with zero attached hydrogens (tertiary/aromatic N) is 2. The van der Waals surface area contributed by atoms with Gasteiger partial charge in [-0.25, -0.2) is 0 Å². The number of carbonyl (C=O) groups is 1. The zero-order valence-corrected chi connectivity index (χ0v) is 19.3. The second-order valence-corrected chi connectivity index (χ2v) is 9.24. The molecular weight excluding hydrogens is 452 g/mol. The van der Waals surface area contributed by atoms with Crippen molar-refractivity contribution >= 4 is 38.7 Å². The van der Waals surface area contributed by atoms with Crippen LogP contribution in [0.5, 0.6) is 0 Å². The van der Waals surface area contributed by atoms with Crippen molar-refractivity contribution in [2.24, 2.45) is 0 Å². The molecule has 0 radical (unpaired) electrons. The Labute approximate surface area is 192 Å². The van der Waals surface area contributed by atoms with Crippen LogP contribution in [-0.2, 0) is 6.54 Å². The van der Waals surface area contributed by atoms with E-state index in [2.05, 4.69) is 37.5 Å². The highest BCUT2D eigenvalue weighted by atomic mass is 79.9. The zero-order chi connectivity index (χ0) is 21.6. The number of likely N-dealkylation sites (tertiary alicyclic amines) is 1. The van der Waals surface area contributed by atoms with E-state index in [9.17, 15) is 9.90 Å². The van der Waals surface area contributed by atoms with Crippen LogP contribution in [0.4, 0.5) is 0 Å². The number of allylic oxidation sites excluding steroid dienone is 1. The first-order valence-electron chi connectivity index (χ1n) is 11.1. The molecule has 31 heavy (non-hydrogen) atoms. The molecule has 0 amide bonds. The Hall–Kier alpha value is -2.21. The van der Waals surface area contributed by atoms with Crippen molar-refractivity contribution in [1.29, 1.82) is 0 Å². The van der Waals surface area contributed by atoms with E-state index in [0.717, 1.165) is 34.0 Å². The Morgan fingerprint density at radius 2 is 1.71 bits per heavy atom. The molecule has 1 atom stereocenters. The van der Waals surface area contributed by atoms with Gasteiger partial charge in [0, 0.05) is 45.8 Å². The van der Waals surface area contributed by atoms with Gasteiger partial charge in [-0.15, -0.1) is 0 Å². The molecule has 1 aliphatic heterocycles. The number of benzene rings is 2. The van der Waals surface area contributed by atoms with Gasteiger partial charge in [0.2, 0.25) is 0 Å². The number of carbonyl (C=O) groups excluding carboxylic acids is 1. The number of halogens is 1. The van der Waals surface area contributed by atoms with Crippen LogP contribution in [0, 0.1) is 0 Å². The van der Waals surface area contributed by atoms with Crippen molar-refractivity contribution in [1.82, 2.24) is 9.47 Å². The van der Waals surface area contributed by atoms with Gasteiger partial charge in [-0.1, -0.05) is 47.0 Å². The number of para-hydroxylation sites is 1. The zero-order valence-electron chi connectivity index (χ0n) is 17.7. The van der Waals surface area contributed by atoms with E-state index in [1.165, 1.54) is 25.7 Å². The summed E-state index contributed by atoms with van der Waals surface area (Å²) in [5.74, 6) is -0.0227. The molecule has 1 saturated heterocycles. The Bertz CT molecular complexity index is 1050. The number of fused-ring (bicyclic) bond motifs is 1. The van der Waals surface area contributed by atoms with E-state index < -0.39 is 6.10 Å². The van der Waals surface area contributed by atoms with Gasteiger partial charge >= 0.3 is 0 Å². The number of β-amino-alcohol motifs (C(OH)–C–C–N with tert-alkyl or cyclic N) is 1. The standard InChI is InChI=1S/C26H29BrN2O2/c27-22-12-9-20(10-13-22)26(31)14-11-21-17-29(25-8-4-3-7-24(21)25)19-23(30)18-28-15-5-1-2-6-16-28/h3-4,7-14,17,23,30H,1-2,5-6,15-16,18-19H2/b14-11+. The topological polar surface area (TPSA) is 45.5 Å². The summed E-state index contributed by atoms with van der Waals surface area (Å²) < 4.78 is 3.07. The van der Waals surface area contributed by atoms with Crippen LogP contribution in [0.1, 0.15) is 41.6 Å². The highest BCUT2D eigenvalue weighted by Gasteiger charge is 2.16. The molecule has 4 nitrogen and oxygen atoms in total. The van der Waals surface area contributed by atoms with Crippen molar-refractivity contribution in [2.45, 2.75) is 38.3 Å². The first-order chi connectivity index (χ1) is 15.1. The molecule has 4 rings (SSSR count). The third-order valence-electron chi connectivity index (χ3n) is 5.94. The molecule has 0 bridgehead atoms.